The normalized spacial score (nSPS) is 14.4. The van der Waals surface area contributed by atoms with E-state index in [4.69, 9.17) is 33.0 Å². The van der Waals surface area contributed by atoms with Crippen LogP contribution in [0.3, 0.4) is 0 Å². The van der Waals surface area contributed by atoms with Crippen molar-refractivity contribution in [2.45, 2.75) is 38.1 Å². The highest BCUT2D eigenvalue weighted by molar-refractivity contribution is 6.30. The highest BCUT2D eigenvalue weighted by Crippen LogP contribution is 2.37. The molecule has 7 heteroatoms. The second-order valence-electron chi connectivity index (χ2n) is 9.29. The van der Waals surface area contributed by atoms with Crippen molar-refractivity contribution in [2.24, 2.45) is 0 Å². The van der Waals surface area contributed by atoms with Crippen molar-refractivity contribution in [2.75, 3.05) is 19.7 Å². The van der Waals surface area contributed by atoms with Gasteiger partial charge in [0.1, 0.15) is 6.61 Å². The molecule has 0 radical (unpaired) electrons. The number of benzene rings is 3. The topological polar surface area (TPSA) is 56.2 Å². The van der Waals surface area contributed by atoms with Crippen molar-refractivity contribution in [1.29, 1.82) is 0 Å². The van der Waals surface area contributed by atoms with E-state index in [9.17, 15) is 4.79 Å². The summed E-state index contributed by atoms with van der Waals surface area (Å²) in [6, 6.07) is 22.7. The summed E-state index contributed by atoms with van der Waals surface area (Å²) in [5.41, 5.74) is 5.69. The summed E-state index contributed by atoms with van der Waals surface area (Å²) in [6.45, 7) is 4.24. The molecular weight excluding hydrogens is 493 g/mol. The van der Waals surface area contributed by atoms with Crippen LogP contribution in [0.1, 0.15) is 54.0 Å². The van der Waals surface area contributed by atoms with Gasteiger partial charge in [-0.2, -0.15) is 5.10 Å². The third-order valence-electron chi connectivity index (χ3n) is 6.88. The number of hydrogen-bond donors (Lipinski definition) is 1. The maximum absolute atomic E-state index is 11.3. The molecular formula is C29H29Cl2N3O2. The molecule has 0 amide bonds. The molecule has 3 aromatic carbocycles. The van der Waals surface area contributed by atoms with Crippen LogP contribution >= 0.6 is 23.2 Å². The summed E-state index contributed by atoms with van der Waals surface area (Å²) >= 11 is 12.4. The summed E-state index contributed by atoms with van der Waals surface area (Å²) in [6.07, 6.45) is 2.11. The van der Waals surface area contributed by atoms with Crippen molar-refractivity contribution in [3.05, 3.63) is 99.2 Å². The molecule has 0 saturated carbocycles. The van der Waals surface area contributed by atoms with Gasteiger partial charge in [0.05, 0.1) is 17.8 Å². The van der Waals surface area contributed by atoms with Crippen molar-refractivity contribution in [1.82, 2.24) is 15.1 Å². The molecule has 1 aromatic heterocycles. The van der Waals surface area contributed by atoms with E-state index < -0.39 is 0 Å². The van der Waals surface area contributed by atoms with Crippen molar-refractivity contribution in [3.63, 3.8) is 0 Å². The van der Waals surface area contributed by atoms with Gasteiger partial charge < -0.3 is 10.1 Å². The van der Waals surface area contributed by atoms with Crippen molar-refractivity contribution < 1.29 is 9.53 Å². The minimum atomic E-state index is -0.277. The van der Waals surface area contributed by atoms with E-state index in [1.165, 1.54) is 12.5 Å². The highest BCUT2D eigenvalue weighted by Gasteiger charge is 2.24. The predicted octanol–water partition coefficient (Wildman–Crippen LogP) is 6.55. The van der Waals surface area contributed by atoms with E-state index in [1.807, 2.05) is 28.9 Å². The average Bonchev–Trinajstić information content (AvgIpc) is 3.25. The van der Waals surface area contributed by atoms with Gasteiger partial charge in [0.2, 0.25) is 0 Å². The Bertz CT molecular complexity index is 1300. The number of carbonyl (C=O) groups excluding carboxylic acids is 1. The number of esters is 1. The average molecular weight is 522 g/mol. The molecule has 2 heterocycles. The van der Waals surface area contributed by atoms with Gasteiger partial charge in [0, 0.05) is 34.2 Å². The Labute approximate surface area is 221 Å². The Morgan fingerprint density at radius 2 is 1.56 bits per heavy atom. The number of hydrogen-bond acceptors (Lipinski definition) is 4. The summed E-state index contributed by atoms with van der Waals surface area (Å²) in [7, 11) is 0. The van der Waals surface area contributed by atoms with Crippen LogP contribution in [-0.2, 0) is 16.1 Å². The largest absolute Gasteiger partial charge is 0.464 e. The second-order valence-corrected chi connectivity index (χ2v) is 10.2. The summed E-state index contributed by atoms with van der Waals surface area (Å²) in [4.78, 5) is 11.3. The number of carbonyl (C=O) groups is 1. The van der Waals surface area contributed by atoms with Crippen LogP contribution in [0.2, 0.25) is 10.0 Å². The molecule has 36 heavy (non-hydrogen) atoms. The lowest BCUT2D eigenvalue weighted by Crippen LogP contribution is -2.27. The predicted molar refractivity (Wildman–Crippen MR) is 145 cm³/mol. The van der Waals surface area contributed by atoms with Crippen LogP contribution in [0.15, 0.2) is 66.7 Å². The monoisotopic (exact) mass is 521 g/mol. The van der Waals surface area contributed by atoms with Gasteiger partial charge in [-0.05, 0) is 79.0 Å². The van der Waals surface area contributed by atoms with E-state index in [1.54, 1.807) is 0 Å². The molecule has 0 bridgehead atoms. The third kappa shape index (κ3) is 5.44. The number of fused-ring (bicyclic) bond motifs is 1. The third-order valence-corrected chi connectivity index (χ3v) is 7.38. The number of halogens is 2. The molecule has 0 unspecified atom stereocenters. The molecule has 1 aliphatic heterocycles. The molecule has 5 nitrogen and oxygen atoms in total. The number of piperidine rings is 1. The molecule has 0 atom stereocenters. The Morgan fingerprint density at radius 3 is 2.14 bits per heavy atom. The first kappa shape index (κ1) is 24.8. The summed E-state index contributed by atoms with van der Waals surface area (Å²) < 4.78 is 7.20. The maximum atomic E-state index is 11.3. The van der Waals surface area contributed by atoms with E-state index in [2.05, 4.69) is 47.8 Å². The molecule has 1 fully saturated rings. The summed E-state index contributed by atoms with van der Waals surface area (Å²) in [5, 5.41) is 11.1. The fourth-order valence-corrected chi connectivity index (χ4v) is 5.38. The maximum Gasteiger partial charge on any atom is 0.302 e. The number of aromatic nitrogens is 2. The van der Waals surface area contributed by atoms with Gasteiger partial charge in [-0.15, -0.1) is 0 Å². The second kappa shape index (κ2) is 11.0. The van der Waals surface area contributed by atoms with Gasteiger partial charge in [0.25, 0.3) is 0 Å². The quantitative estimate of drug-likeness (QED) is 0.221. The van der Waals surface area contributed by atoms with Gasteiger partial charge in [0.15, 0.2) is 0 Å². The van der Waals surface area contributed by atoms with E-state index in [0.29, 0.717) is 29.1 Å². The van der Waals surface area contributed by atoms with Crippen molar-refractivity contribution >= 4 is 40.1 Å². The lowest BCUT2D eigenvalue weighted by Gasteiger charge is -2.22. The molecule has 1 aliphatic rings. The molecule has 1 saturated heterocycles. The standard InChI is InChI=1S/C29H29Cl2N3O2/c1-19(35)36-17-16-34-27-11-6-23(18-26(27)29(33-34)22-12-14-32-15-13-22)28(20-2-7-24(30)8-3-20)21-4-9-25(31)10-5-21/h2-11,18,22,28,32H,12-17H2,1H3. The zero-order valence-electron chi connectivity index (χ0n) is 20.2. The minimum Gasteiger partial charge on any atom is -0.464 e. The molecule has 186 valence electrons. The Kier molecular flexibility index (Phi) is 7.61. The van der Waals surface area contributed by atoms with Gasteiger partial charge in [-0.1, -0.05) is 53.5 Å². The molecule has 1 N–H and O–H groups in total. The zero-order chi connectivity index (χ0) is 25.1. The first-order valence-corrected chi connectivity index (χ1v) is 13.1. The van der Waals surface area contributed by atoms with E-state index in [-0.39, 0.29) is 11.9 Å². The zero-order valence-corrected chi connectivity index (χ0v) is 21.7. The van der Waals surface area contributed by atoms with Gasteiger partial charge >= 0.3 is 5.97 Å². The number of nitrogens with one attached hydrogen (secondary N) is 1. The fourth-order valence-electron chi connectivity index (χ4n) is 5.13. The Hall–Kier alpha value is -2.86. The lowest BCUT2D eigenvalue weighted by atomic mass is 9.84. The van der Waals surface area contributed by atoms with Crippen LogP contribution in [-0.4, -0.2) is 35.4 Å². The molecule has 5 rings (SSSR count). The van der Waals surface area contributed by atoms with Crippen molar-refractivity contribution in [3.8, 4) is 0 Å². The SMILES string of the molecule is CC(=O)OCCn1nc(C2CCNCC2)c2cc(C(c3ccc(Cl)cc3)c3ccc(Cl)cc3)ccc21. The number of nitrogens with zero attached hydrogens (tertiary/aromatic N) is 2. The lowest BCUT2D eigenvalue weighted by molar-refractivity contribution is -0.141. The van der Waals surface area contributed by atoms with E-state index in [0.717, 1.165) is 53.7 Å². The molecule has 0 spiro atoms. The number of ether oxygens (including phenoxy) is 1. The van der Waals surface area contributed by atoms with Crippen LogP contribution in [0.4, 0.5) is 0 Å². The van der Waals surface area contributed by atoms with Gasteiger partial charge in [-0.25, -0.2) is 0 Å². The van der Waals surface area contributed by atoms with Gasteiger partial charge in [-0.3, -0.25) is 9.48 Å². The summed E-state index contributed by atoms with van der Waals surface area (Å²) in [5.74, 6) is 0.138. The Morgan fingerprint density at radius 1 is 0.972 bits per heavy atom. The first-order valence-electron chi connectivity index (χ1n) is 12.3. The van der Waals surface area contributed by atoms with Crippen LogP contribution in [0, 0.1) is 0 Å². The van der Waals surface area contributed by atoms with Crippen LogP contribution in [0.25, 0.3) is 10.9 Å². The van der Waals surface area contributed by atoms with Crippen LogP contribution in [0.5, 0.6) is 0 Å². The van der Waals surface area contributed by atoms with E-state index >= 15 is 0 Å². The Balaban J connectivity index is 1.61. The fraction of sp³-hybridized carbons (Fsp3) is 0.310. The molecule has 4 aromatic rings. The van der Waals surface area contributed by atoms with Crippen LogP contribution < -0.4 is 5.32 Å². The highest BCUT2D eigenvalue weighted by atomic mass is 35.5. The smallest absolute Gasteiger partial charge is 0.302 e. The molecule has 0 aliphatic carbocycles. The minimum absolute atomic E-state index is 0.0224. The first-order chi connectivity index (χ1) is 17.5. The number of rotatable bonds is 7.